The predicted molar refractivity (Wildman–Crippen MR) is 135 cm³/mol. The second-order valence-corrected chi connectivity index (χ2v) is 9.03. The minimum Gasteiger partial charge on any atom is -0.448 e. The number of carbonyl (C=O) groups excluding carboxylic acids is 1. The number of rotatable bonds is 4. The summed E-state index contributed by atoms with van der Waals surface area (Å²) in [5, 5.41) is 0.714. The third kappa shape index (κ3) is 5.25. The SMILES string of the molecule is O=C(OCCN1CCCC1)N1CCc2cc(C#Cc3ccc(-c4ccc(Cl)cc4)cn3)ccc21. The van der Waals surface area contributed by atoms with Gasteiger partial charge in [0.05, 0.1) is 5.69 Å². The molecule has 5 nitrogen and oxygen atoms in total. The fourth-order valence-electron chi connectivity index (χ4n) is 4.43. The highest BCUT2D eigenvalue weighted by Gasteiger charge is 2.26. The van der Waals surface area contributed by atoms with E-state index in [1.807, 2.05) is 54.7 Å². The van der Waals surface area contributed by atoms with Gasteiger partial charge in [-0.15, -0.1) is 0 Å². The number of pyridine rings is 1. The molecule has 1 amide bonds. The van der Waals surface area contributed by atoms with Crippen molar-refractivity contribution in [1.82, 2.24) is 9.88 Å². The predicted octanol–water partition coefficient (Wildman–Crippen LogP) is 5.40. The molecule has 0 bridgehead atoms. The Kier molecular flexibility index (Phi) is 6.80. The Morgan fingerprint density at radius 3 is 2.53 bits per heavy atom. The first-order chi connectivity index (χ1) is 16.7. The minimum atomic E-state index is -0.262. The highest BCUT2D eigenvalue weighted by Crippen LogP contribution is 2.29. The summed E-state index contributed by atoms with van der Waals surface area (Å²) in [5.41, 5.74) is 5.74. The van der Waals surface area contributed by atoms with Crippen molar-refractivity contribution >= 4 is 23.4 Å². The largest absolute Gasteiger partial charge is 0.448 e. The zero-order valence-corrected chi connectivity index (χ0v) is 19.7. The summed E-state index contributed by atoms with van der Waals surface area (Å²) >= 11 is 5.96. The van der Waals surface area contributed by atoms with Crippen molar-refractivity contribution in [3.8, 4) is 23.0 Å². The Bertz CT molecular complexity index is 1220. The molecule has 0 saturated carbocycles. The first-order valence-electron chi connectivity index (χ1n) is 11.7. The zero-order chi connectivity index (χ0) is 23.3. The highest BCUT2D eigenvalue weighted by atomic mass is 35.5. The number of halogens is 1. The molecule has 0 aliphatic carbocycles. The van der Waals surface area contributed by atoms with Crippen molar-refractivity contribution in [2.45, 2.75) is 19.3 Å². The van der Waals surface area contributed by atoms with E-state index in [1.165, 1.54) is 12.8 Å². The van der Waals surface area contributed by atoms with E-state index in [0.29, 0.717) is 23.9 Å². The molecule has 0 radical (unpaired) electrons. The quantitative estimate of drug-likeness (QED) is 0.478. The smallest absolute Gasteiger partial charge is 0.414 e. The zero-order valence-electron chi connectivity index (χ0n) is 19.0. The highest BCUT2D eigenvalue weighted by molar-refractivity contribution is 6.30. The molecule has 5 rings (SSSR count). The van der Waals surface area contributed by atoms with E-state index in [-0.39, 0.29) is 6.09 Å². The summed E-state index contributed by atoms with van der Waals surface area (Å²) < 4.78 is 5.53. The molecule has 2 aliphatic rings. The van der Waals surface area contributed by atoms with E-state index < -0.39 is 0 Å². The summed E-state index contributed by atoms with van der Waals surface area (Å²) in [6.45, 7) is 4.11. The minimum absolute atomic E-state index is 0.262. The number of likely N-dealkylation sites (tertiary alicyclic amines) is 1. The lowest BCUT2D eigenvalue weighted by atomic mass is 10.1. The molecule has 1 fully saturated rings. The van der Waals surface area contributed by atoms with Gasteiger partial charge in [0.1, 0.15) is 12.3 Å². The monoisotopic (exact) mass is 471 g/mol. The van der Waals surface area contributed by atoms with Crippen LogP contribution in [-0.2, 0) is 11.2 Å². The van der Waals surface area contributed by atoms with E-state index in [0.717, 1.165) is 54.0 Å². The van der Waals surface area contributed by atoms with Gasteiger partial charge in [-0.3, -0.25) is 9.80 Å². The van der Waals surface area contributed by atoms with Gasteiger partial charge >= 0.3 is 6.09 Å². The van der Waals surface area contributed by atoms with Gasteiger partial charge in [0, 0.05) is 35.4 Å². The first-order valence-corrected chi connectivity index (χ1v) is 12.1. The van der Waals surface area contributed by atoms with Crippen molar-refractivity contribution in [3.05, 3.63) is 82.6 Å². The van der Waals surface area contributed by atoms with Gasteiger partial charge in [-0.25, -0.2) is 9.78 Å². The fourth-order valence-corrected chi connectivity index (χ4v) is 4.56. The van der Waals surface area contributed by atoms with Crippen LogP contribution in [0.1, 0.15) is 29.7 Å². The number of nitrogens with zero attached hydrogens (tertiary/aromatic N) is 3. The van der Waals surface area contributed by atoms with Crippen LogP contribution in [0.15, 0.2) is 60.8 Å². The number of amides is 1. The maximum atomic E-state index is 12.6. The molecule has 6 heteroatoms. The normalized spacial score (nSPS) is 15.0. The fraction of sp³-hybridized carbons (Fsp3) is 0.286. The van der Waals surface area contributed by atoms with Gasteiger partial charge in [-0.1, -0.05) is 35.7 Å². The molecule has 0 N–H and O–H groups in total. The molecule has 3 aromatic rings. The first kappa shape index (κ1) is 22.5. The summed E-state index contributed by atoms with van der Waals surface area (Å²) in [6.07, 6.45) is 4.85. The molecular formula is C28H26ClN3O2. The van der Waals surface area contributed by atoms with Gasteiger partial charge in [0.25, 0.3) is 0 Å². The second-order valence-electron chi connectivity index (χ2n) is 8.60. The van der Waals surface area contributed by atoms with Crippen molar-refractivity contribution < 1.29 is 9.53 Å². The van der Waals surface area contributed by atoms with Crippen LogP contribution in [-0.4, -0.2) is 48.8 Å². The van der Waals surface area contributed by atoms with Gasteiger partial charge < -0.3 is 4.74 Å². The lowest BCUT2D eigenvalue weighted by Gasteiger charge is -2.19. The number of ether oxygens (including phenoxy) is 1. The van der Waals surface area contributed by atoms with Crippen LogP contribution in [0.3, 0.4) is 0 Å². The van der Waals surface area contributed by atoms with Gasteiger partial charge in [-0.2, -0.15) is 0 Å². The molecule has 0 spiro atoms. The lowest BCUT2D eigenvalue weighted by Crippen LogP contribution is -2.32. The van der Waals surface area contributed by atoms with Crippen LogP contribution in [0, 0.1) is 11.8 Å². The van der Waals surface area contributed by atoms with Gasteiger partial charge in [0.15, 0.2) is 0 Å². The summed E-state index contributed by atoms with van der Waals surface area (Å²) in [4.78, 5) is 21.1. The van der Waals surface area contributed by atoms with Crippen molar-refractivity contribution in [2.75, 3.05) is 37.7 Å². The summed E-state index contributed by atoms with van der Waals surface area (Å²) in [5.74, 6) is 6.33. The van der Waals surface area contributed by atoms with E-state index >= 15 is 0 Å². The Labute approximate surface area is 205 Å². The molecule has 3 heterocycles. The van der Waals surface area contributed by atoms with E-state index in [2.05, 4.69) is 27.8 Å². The van der Waals surface area contributed by atoms with Crippen molar-refractivity contribution in [3.63, 3.8) is 0 Å². The number of carbonyl (C=O) groups is 1. The number of anilines is 1. The second kappa shape index (κ2) is 10.3. The molecule has 2 aliphatic heterocycles. The van der Waals surface area contributed by atoms with Crippen molar-refractivity contribution in [2.24, 2.45) is 0 Å². The van der Waals surface area contributed by atoms with Gasteiger partial charge in [0.2, 0.25) is 0 Å². The number of benzene rings is 2. The average molecular weight is 472 g/mol. The third-order valence-corrected chi connectivity index (χ3v) is 6.56. The maximum Gasteiger partial charge on any atom is 0.414 e. The van der Waals surface area contributed by atoms with Gasteiger partial charge in [-0.05, 0) is 85.8 Å². The van der Waals surface area contributed by atoms with Crippen molar-refractivity contribution in [1.29, 1.82) is 0 Å². The number of hydrogen-bond donors (Lipinski definition) is 0. The van der Waals surface area contributed by atoms with E-state index in [4.69, 9.17) is 16.3 Å². The van der Waals surface area contributed by atoms with Crippen LogP contribution in [0.5, 0.6) is 0 Å². The Hall–Kier alpha value is -3.33. The standard InChI is InChI=1S/C28H26ClN3O2/c29-25-8-5-22(6-9-25)24-7-11-26(30-20-24)10-3-21-4-12-27-23(19-21)13-16-32(27)28(33)34-18-17-31-14-1-2-15-31/h4-9,11-12,19-20H,1-2,13-18H2. The number of fused-ring (bicyclic) bond motifs is 1. The molecule has 1 aromatic heterocycles. The molecule has 172 valence electrons. The number of aromatic nitrogens is 1. The summed E-state index contributed by atoms with van der Waals surface area (Å²) in [7, 11) is 0. The molecule has 0 unspecified atom stereocenters. The molecule has 2 aromatic carbocycles. The average Bonchev–Trinajstić information content (AvgIpc) is 3.53. The topological polar surface area (TPSA) is 45.7 Å². The molecule has 1 saturated heterocycles. The maximum absolute atomic E-state index is 12.6. The lowest BCUT2D eigenvalue weighted by molar-refractivity contribution is 0.139. The Balaban J connectivity index is 1.21. The Morgan fingerprint density at radius 2 is 1.76 bits per heavy atom. The number of hydrogen-bond acceptors (Lipinski definition) is 4. The van der Waals surface area contributed by atoms with Crippen LogP contribution in [0.25, 0.3) is 11.1 Å². The van der Waals surface area contributed by atoms with E-state index in [9.17, 15) is 4.79 Å². The molecule has 34 heavy (non-hydrogen) atoms. The molecule has 0 atom stereocenters. The Morgan fingerprint density at radius 1 is 0.971 bits per heavy atom. The summed E-state index contributed by atoms with van der Waals surface area (Å²) in [6, 6.07) is 17.6. The van der Waals surface area contributed by atoms with Crippen LogP contribution in [0.2, 0.25) is 5.02 Å². The third-order valence-electron chi connectivity index (χ3n) is 6.30. The molecular weight excluding hydrogens is 446 g/mol. The van der Waals surface area contributed by atoms with Crippen LogP contribution in [0.4, 0.5) is 10.5 Å². The van der Waals surface area contributed by atoms with Crippen LogP contribution < -0.4 is 4.90 Å². The van der Waals surface area contributed by atoms with Crippen LogP contribution >= 0.6 is 11.6 Å². The van der Waals surface area contributed by atoms with E-state index in [1.54, 1.807) is 4.90 Å².